The average molecular weight is 868 g/mol. The number of aryl methyl sites for hydroxylation is 1. The zero-order valence-corrected chi connectivity index (χ0v) is 38.1. The summed E-state index contributed by atoms with van der Waals surface area (Å²) in [6, 6.07) is 74.3. The molecular formula is C62H53N5. The standard InChI is InChI=1S/C50H43N3.C12H10N2/c1-4-5-6-13-32-51-48-29-11-12-30-49(48)52-42-25-15-24-41(35-42)46(34-37(3)40-23-14-18-36(2)33-40)50(45-28-16-21-38-19-7-9-26-43(38)45)53-47-31-17-22-39-20-8-10-27-44(39)47;1-2-6-10(7-3-1)14-12-9-5-4-8-11(12)13-14/h4-35,52-53H,1-3H3;1-9,13H/b5-4-,13-6-,37-34+,50-46+,51-32?;. The van der Waals surface area contributed by atoms with Gasteiger partial charge in [-0.25, -0.2) is 0 Å². The van der Waals surface area contributed by atoms with E-state index >= 15 is 0 Å². The molecule has 0 aliphatic heterocycles. The Balaban J connectivity index is 0.000000339. The van der Waals surface area contributed by atoms with E-state index in [0.717, 1.165) is 45.1 Å². The minimum Gasteiger partial charge on any atom is -0.354 e. The molecule has 0 amide bonds. The molecule has 0 aliphatic rings. The van der Waals surface area contributed by atoms with E-state index in [4.69, 9.17) is 4.99 Å². The van der Waals surface area contributed by atoms with Gasteiger partial charge in [-0.15, -0.1) is 0 Å². The normalized spacial score (nSPS) is 12.3. The molecule has 0 bridgehead atoms. The number of aromatic amines is 1. The van der Waals surface area contributed by atoms with Crippen LogP contribution in [0.5, 0.6) is 0 Å². The molecule has 5 heteroatoms. The third kappa shape index (κ3) is 10.3. The predicted molar refractivity (Wildman–Crippen MR) is 289 cm³/mol. The fraction of sp³-hybridized carbons (Fsp3) is 0.0484. The van der Waals surface area contributed by atoms with Gasteiger partial charge < -0.3 is 10.6 Å². The highest BCUT2D eigenvalue weighted by Gasteiger charge is 2.17. The summed E-state index contributed by atoms with van der Waals surface area (Å²) in [6.45, 7) is 6.35. The van der Waals surface area contributed by atoms with Crippen LogP contribution < -0.4 is 10.6 Å². The molecule has 0 unspecified atom stereocenters. The second-order valence-electron chi connectivity index (χ2n) is 16.4. The Bertz CT molecular complexity index is 3440. The zero-order chi connectivity index (χ0) is 45.8. The quantitative estimate of drug-likeness (QED) is 0.0651. The maximum atomic E-state index is 4.74. The summed E-state index contributed by atoms with van der Waals surface area (Å²) in [4.78, 5) is 4.74. The first-order valence-corrected chi connectivity index (χ1v) is 22.7. The maximum absolute atomic E-state index is 4.74. The fourth-order valence-electron chi connectivity index (χ4n) is 8.31. The van der Waals surface area contributed by atoms with Crippen LogP contribution in [-0.4, -0.2) is 16.0 Å². The maximum Gasteiger partial charge on any atom is 0.0880 e. The number of para-hydroxylation sites is 5. The van der Waals surface area contributed by atoms with Crippen molar-refractivity contribution in [2.75, 3.05) is 10.6 Å². The molecule has 0 fully saturated rings. The lowest BCUT2D eigenvalue weighted by Gasteiger charge is -2.21. The van der Waals surface area contributed by atoms with Crippen molar-refractivity contribution >= 4 is 78.4 Å². The highest BCUT2D eigenvalue weighted by atomic mass is 15.3. The SMILES string of the molecule is C/C=C\C=C/C=Nc1ccccc1Nc1cccc(C(/C=C(\C)c2cccc(C)c2)=C(/Nc2cccc3ccccc23)c2cccc3ccccc23)c1.c1ccc(-n2[nH]c3ccccc32)cc1. The van der Waals surface area contributed by atoms with Crippen LogP contribution in [0.25, 0.3) is 55.1 Å². The molecule has 9 aromatic carbocycles. The molecule has 0 atom stereocenters. The van der Waals surface area contributed by atoms with Crippen molar-refractivity contribution in [2.45, 2.75) is 20.8 Å². The van der Waals surface area contributed by atoms with Crippen LogP contribution in [0.4, 0.5) is 22.7 Å². The molecule has 0 saturated carbocycles. The van der Waals surface area contributed by atoms with E-state index in [1.54, 1.807) is 0 Å². The van der Waals surface area contributed by atoms with Crippen molar-refractivity contribution in [3.63, 3.8) is 0 Å². The van der Waals surface area contributed by atoms with Gasteiger partial charge >= 0.3 is 0 Å². The van der Waals surface area contributed by atoms with Crippen LogP contribution in [0.1, 0.15) is 36.1 Å². The Hall–Kier alpha value is -8.67. The van der Waals surface area contributed by atoms with E-state index in [2.05, 4.69) is 210 Å². The number of nitrogens with one attached hydrogen (secondary N) is 3. The molecule has 67 heavy (non-hydrogen) atoms. The van der Waals surface area contributed by atoms with Gasteiger partial charge in [-0.05, 0) is 120 Å². The van der Waals surface area contributed by atoms with E-state index in [9.17, 15) is 0 Å². The summed E-state index contributed by atoms with van der Waals surface area (Å²) in [7, 11) is 0. The highest BCUT2D eigenvalue weighted by Crippen LogP contribution is 2.38. The summed E-state index contributed by atoms with van der Waals surface area (Å²) >= 11 is 0. The molecule has 5 nitrogen and oxygen atoms in total. The number of aromatic nitrogens is 2. The van der Waals surface area contributed by atoms with Gasteiger partial charge in [0.15, 0.2) is 0 Å². The van der Waals surface area contributed by atoms with Gasteiger partial charge in [0.2, 0.25) is 0 Å². The van der Waals surface area contributed by atoms with Crippen LogP contribution in [0.3, 0.4) is 0 Å². The number of allylic oxidation sites excluding steroid dienone is 7. The number of aliphatic imine (C=N–C) groups is 1. The van der Waals surface area contributed by atoms with Crippen molar-refractivity contribution < 1.29 is 0 Å². The van der Waals surface area contributed by atoms with E-state index in [1.807, 2.05) is 79.9 Å². The minimum atomic E-state index is 0.864. The third-order valence-corrected chi connectivity index (χ3v) is 11.7. The van der Waals surface area contributed by atoms with Gasteiger partial charge in [-0.2, -0.15) is 0 Å². The van der Waals surface area contributed by atoms with E-state index < -0.39 is 0 Å². The lowest BCUT2D eigenvalue weighted by atomic mass is 9.92. The molecule has 10 aromatic rings. The van der Waals surface area contributed by atoms with Crippen LogP contribution in [0, 0.1) is 6.92 Å². The Morgan fingerprint density at radius 3 is 2.04 bits per heavy atom. The Labute approximate surface area is 393 Å². The topological polar surface area (TPSA) is 57.1 Å². The van der Waals surface area contributed by atoms with Gasteiger partial charge in [0.05, 0.1) is 33.8 Å². The molecule has 3 N–H and O–H groups in total. The van der Waals surface area contributed by atoms with Crippen LogP contribution >= 0.6 is 0 Å². The Morgan fingerprint density at radius 2 is 1.22 bits per heavy atom. The number of hydrogen-bond donors (Lipinski definition) is 3. The molecule has 10 rings (SSSR count). The molecular weight excluding hydrogens is 815 g/mol. The highest BCUT2D eigenvalue weighted by molar-refractivity contribution is 6.10. The fourth-order valence-corrected chi connectivity index (χ4v) is 8.31. The Kier molecular flexibility index (Phi) is 13.6. The monoisotopic (exact) mass is 867 g/mol. The lowest BCUT2D eigenvalue weighted by Crippen LogP contribution is -2.07. The minimum absolute atomic E-state index is 0.864. The first-order valence-electron chi connectivity index (χ1n) is 22.7. The van der Waals surface area contributed by atoms with E-state index in [-0.39, 0.29) is 0 Å². The second kappa shape index (κ2) is 20.9. The first kappa shape index (κ1) is 43.6. The van der Waals surface area contributed by atoms with Crippen LogP contribution in [-0.2, 0) is 0 Å². The molecule has 0 saturated heterocycles. The number of fused-ring (bicyclic) bond motifs is 3. The number of nitrogens with zero attached hydrogens (tertiary/aromatic N) is 2. The van der Waals surface area contributed by atoms with Gasteiger partial charge in [-0.3, -0.25) is 14.8 Å². The van der Waals surface area contributed by atoms with Crippen molar-refractivity contribution in [3.05, 3.63) is 265 Å². The van der Waals surface area contributed by atoms with E-state index in [1.165, 1.54) is 55.0 Å². The average Bonchev–Trinajstić information content (AvgIpc) is 3.36. The molecule has 1 aromatic heterocycles. The number of anilines is 3. The largest absolute Gasteiger partial charge is 0.354 e. The molecule has 326 valence electrons. The molecule has 0 aliphatic carbocycles. The van der Waals surface area contributed by atoms with Gasteiger partial charge in [0.25, 0.3) is 0 Å². The smallest absolute Gasteiger partial charge is 0.0880 e. The lowest BCUT2D eigenvalue weighted by molar-refractivity contribution is 0.870. The third-order valence-electron chi connectivity index (χ3n) is 11.7. The van der Waals surface area contributed by atoms with Crippen LogP contribution in [0.15, 0.2) is 248 Å². The summed E-state index contributed by atoms with van der Waals surface area (Å²) in [5, 5.41) is 15.7. The summed E-state index contributed by atoms with van der Waals surface area (Å²) < 4.78 is 2.08. The van der Waals surface area contributed by atoms with Crippen LogP contribution in [0.2, 0.25) is 0 Å². The van der Waals surface area contributed by atoms with Crippen molar-refractivity contribution in [3.8, 4) is 5.69 Å². The van der Waals surface area contributed by atoms with Crippen molar-refractivity contribution in [1.29, 1.82) is 0 Å². The molecule has 0 spiro atoms. The number of hydrogen-bond acceptors (Lipinski definition) is 3. The van der Waals surface area contributed by atoms with Gasteiger partial charge in [-0.1, -0.05) is 182 Å². The van der Waals surface area contributed by atoms with Crippen molar-refractivity contribution in [2.24, 2.45) is 4.99 Å². The number of benzene rings is 9. The summed E-state index contributed by atoms with van der Waals surface area (Å²) in [6.07, 6.45) is 12.1. The Morgan fingerprint density at radius 1 is 0.567 bits per heavy atom. The zero-order valence-electron chi connectivity index (χ0n) is 38.1. The summed E-state index contributed by atoms with van der Waals surface area (Å²) in [5.74, 6) is 0. The number of rotatable bonds is 12. The first-order chi connectivity index (χ1) is 33.0. The number of H-pyrrole nitrogens is 1. The molecule has 1 heterocycles. The van der Waals surface area contributed by atoms with Crippen molar-refractivity contribution in [1.82, 2.24) is 9.78 Å². The molecule has 0 radical (unpaired) electrons. The van der Waals surface area contributed by atoms with Gasteiger partial charge in [0.1, 0.15) is 0 Å². The predicted octanol–water partition coefficient (Wildman–Crippen LogP) is 16.9. The van der Waals surface area contributed by atoms with Gasteiger partial charge in [0, 0.05) is 34.1 Å². The second-order valence-corrected chi connectivity index (χ2v) is 16.4. The summed E-state index contributed by atoms with van der Waals surface area (Å²) in [5.41, 5.74) is 15.3. The van der Waals surface area contributed by atoms with E-state index in [0.29, 0.717) is 0 Å².